The molecule has 0 bridgehead atoms. The first-order chi connectivity index (χ1) is 10.6. The Hall–Kier alpha value is -1.15. The predicted molar refractivity (Wildman–Crippen MR) is 92.1 cm³/mol. The van der Waals surface area contributed by atoms with E-state index in [0.29, 0.717) is 12.5 Å². The molecule has 1 amide bonds. The van der Waals surface area contributed by atoms with Crippen LogP contribution in [-0.2, 0) is 14.8 Å². The van der Waals surface area contributed by atoms with Crippen LogP contribution in [-0.4, -0.2) is 40.5 Å². The van der Waals surface area contributed by atoms with E-state index in [2.05, 4.69) is 15.4 Å². The Morgan fingerprint density at radius 1 is 1.22 bits per heavy atom. The molecule has 0 radical (unpaired) electrons. The molecule has 2 rings (SSSR count). The van der Waals surface area contributed by atoms with Crippen LogP contribution in [0.2, 0.25) is 0 Å². The molecule has 1 aromatic rings. The lowest BCUT2D eigenvalue weighted by molar-refractivity contribution is -0.120. The summed E-state index contributed by atoms with van der Waals surface area (Å²) in [6.45, 7) is 2.83. The third-order valence-electron chi connectivity index (χ3n) is 3.73. The van der Waals surface area contributed by atoms with Crippen molar-refractivity contribution >= 4 is 28.3 Å². The highest BCUT2D eigenvalue weighted by Gasteiger charge is 2.15. The molecular weight excluding hydrogens is 338 g/mol. The van der Waals surface area contributed by atoms with Crippen molar-refractivity contribution in [3.63, 3.8) is 0 Å². The van der Waals surface area contributed by atoms with E-state index in [-0.39, 0.29) is 36.2 Å². The summed E-state index contributed by atoms with van der Waals surface area (Å²) in [4.78, 5) is 11.9. The van der Waals surface area contributed by atoms with Gasteiger partial charge in [0.2, 0.25) is 15.9 Å². The molecule has 1 aromatic carbocycles. The highest BCUT2D eigenvalue weighted by atomic mass is 35.5. The minimum atomic E-state index is -3.53. The molecule has 1 aliphatic rings. The van der Waals surface area contributed by atoms with Crippen LogP contribution in [0.15, 0.2) is 35.2 Å². The van der Waals surface area contributed by atoms with Gasteiger partial charge in [0, 0.05) is 19.5 Å². The first-order valence-electron chi connectivity index (χ1n) is 7.60. The summed E-state index contributed by atoms with van der Waals surface area (Å²) in [6.07, 6.45) is 2.27. The number of hydrogen-bond acceptors (Lipinski definition) is 4. The van der Waals surface area contributed by atoms with E-state index in [4.69, 9.17) is 0 Å². The van der Waals surface area contributed by atoms with E-state index in [1.54, 1.807) is 18.2 Å². The standard InChI is InChI=1S/C15H23N3O3S.ClH/c19-15(17-10-7-13-6-9-16-12-13)8-11-18-22(20,21)14-4-2-1-3-5-14;/h1-5,13,16,18H,6-12H2,(H,17,19);1H. The van der Waals surface area contributed by atoms with Gasteiger partial charge in [-0.25, -0.2) is 13.1 Å². The summed E-state index contributed by atoms with van der Waals surface area (Å²) in [6, 6.07) is 8.14. The molecule has 0 aliphatic carbocycles. The summed E-state index contributed by atoms with van der Waals surface area (Å²) < 4.78 is 26.3. The smallest absolute Gasteiger partial charge is 0.240 e. The third kappa shape index (κ3) is 6.87. The first-order valence-corrected chi connectivity index (χ1v) is 9.08. The van der Waals surface area contributed by atoms with Crippen molar-refractivity contribution < 1.29 is 13.2 Å². The van der Waals surface area contributed by atoms with Crippen LogP contribution < -0.4 is 15.4 Å². The minimum absolute atomic E-state index is 0. The van der Waals surface area contributed by atoms with Crippen molar-refractivity contribution in [2.24, 2.45) is 5.92 Å². The molecule has 130 valence electrons. The van der Waals surface area contributed by atoms with Gasteiger partial charge in [0.15, 0.2) is 0 Å². The van der Waals surface area contributed by atoms with Crippen molar-refractivity contribution in [3.8, 4) is 0 Å². The molecule has 23 heavy (non-hydrogen) atoms. The molecule has 1 fully saturated rings. The maximum Gasteiger partial charge on any atom is 0.240 e. The van der Waals surface area contributed by atoms with Crippen molar-refractivity contribution in [2.45, 2.75) is 24.2 Å². The molecule has 1 saturated heterocycles. The summed E-state index contributed by atoms with van der Waals surface area (Å²) in [5.41, 5.74) is 0. The van der Waals surface area contributed by atoms with Crippen LogP contribution in [0.25, 0.3) is 0 Å². The predicted octanol–water partition coefficient (Wildman–Crippen LogP) is 0.893. The van der Waals surface area contributed by atoms with Gasteiger partial charge in [-0.2, -0.15) is 0 Å². The van der Waals surface area contributed by atoms with E-state index in [1.165, 1.54) is 12.1 Å². The maximum atomic E-state index is 12.0. The average Bonchev–Trinajstić information content (AvgIpc) is 3.01. The fraction of sp³-hybridized carbons (Fsp3) is 0.533. The number of hydrogen-bond donors (Lipinski definition) is 3. The molecule has 6 nitrogen and oxygen atoms in total. The van der Waals surface area contributed by atoms with Gasteiger partial charge in [0.05, 0.1) is 4.90 Å². The molecule has 0 spiro atoms. The number of sulfonamides is 1. The normalized spacial score (nSPS) is 17.5. The quantitative estimate of drug-likeness (QED) is 0.641. The summed E-state index contributed by atoms with van der Waals surface area (Å²) in [5.74, 6) is 0.513. The van der Waals surface area contributed by atoms with E-state index >= 15 is 0 Å². The molecular formula is C15H24ClN3O3S. The topological polar surface area (TPSA) is 87.3 Å². The number of halogens is 1. The number of carbonyl (C=O) groups is 1. The largest absolute Gasteiger partial charge is 0.356 e. The molecule has 1 heterocycles. The maximum absolute atomic E-state index is 12.0. The van der Waals surface area contributed by atoms with Gasteiger partial charge in [-0.05, 0) is 44.0 Å². The number of nitrogens with one attached hydrogen (secondary N) is 3. The second-order valence-electron chi connectivity index (χ2n) is 5.46. The van der Waals surface area contributed by atoms with Crippen LogP contribution in [0.5, 0.6) is 0 Å². The van der Waals surface area contributed by atoms with Crippen molar-refractivity contribution in [1.82, 2.24) is 15.4 Å². The SMILES string of the molecule is Cl.O=C(CCNS(=O)(=O)c1ccccc1)NCCC1CCNC1. The molecule has 0 aromatic heterocycles. The lowest BCUT2D eigenvalue weighted by Crippen LogP contribution is -2.31. The highest BCUT2D eigenvalue weighted by Crippen LogP contribution is 2.10. The van der Waals surface area contributed by atoms with E-state index in [9.17, 15) is 13.2 Å². The molecule has 0 saturated carbocycles. The lowest BCUT2D eigenvalue weighted by Gasteiger charge is -2.10. The number of benzene rings is 1. The molecule has 3 N–H and O–H groups in total. The Labute approximate surface area is 143 Å². The first kappa shape index (κ1) is 19.9. The van der Waals surface area contributed by atoms with Gasteiger partial charge in [-0.15, -0.1) is 12.4 Å². The zero-order valence-corrected chi connectivity index (χ0v) is 14.6. The Morgan fingerprint density at radius 2 is 1.96 bits per heavy atom. The fourth-order valence-electron chi connectivity index (χ4n) is 2.45. The Balaban J connectivity index is 0.00000264. The fourth-order valence-corrected chi connectivity index (χ4v) is 3.50. The monoisotopic (exact) mass is 361 g/mol. The van der Waals surface area contributed by atoms with Crippen LogP contribution in [0.1, 0.15) is 19.3 Å². The molecule has 1 aliphatic heterocycles. The summed E-state index contributed by atoms with van der Waals surface area (Å²) in [7, 11) is -3.53. The zero-order chi connectivity index (χ0) is 15.8. The number of rotatable bonds is 8. The summed E-state index contributed by atoms with van der Waals surface area (Å²) in [5, 5.41) is 6.12. The Bertz CT molecular complexity index is 575. The van der Waals surface area contributed by atoms with Crippen molar-refractivity contribution in [2.75, 3.05) is 26.2 Å². The van der Waals surface area contributed by atoms with Crippen LogP contribution in [0.3, 0.4) is 0 Å². The van der Waals surface area contributed by atoms with Crippen LogP contribution >= 0.6 is 12.4 Å². The highest BCUT2D eigenvalue weighted by molar-refractivity contribution is 7.89. The summed E-state index contributed by atoms with van der Waals surface area (Å²) >= 11 is 0. The molecule has 1 atom stereocenters. The lowest BCUT2D eigenvalue weighted by atomic mass is 10.1. The van der Waals surface area contributed by atoms with Gasteiger partial charge in [-0.1, -0.05) is 18.2 Å². The minimum Gasteiger partial charge on any atom is -0.356 e. The van der Waals surface area contributed by atoms with Gasteiger partial charge in [0.25, 0.3) is 0 Å². The number of amides is 1. The van der Waals surface area contributed by atoms with Gasteiger partial charge in [0.1, 0.15) is 0 Å². The second kappa shape index (κ2) is 9.87. The van der Waals surface area contributed by atoms with Gasteiger partial charge in [-0.3, -0.25) is 4.79 Å². The van der Waals surface area contributed by atoms with E-state index in [0.717, 1.165) is 25.9 Å². The van der Waals surface area contributed by atoms with Crippen molar-refractivity contribution in [1.29, 1.82) is 0 Å². The van der Waals surface area contributed by atoms with Gasteiger partial charge < -0.3 is 10.6 Å². The molecule has 1 unspecified atom stereocenters. The third-order valence-corrected chi connectivity index (χ3v) is 5.21. The van der Waals surface area contributed by atoms with Gasteiger partial charge >= 0.3 is 0 Å². The average molecular weight is 362 g/mol. The second-order valence-corrected chi connectivity index (χ2v) is 7.23. The van der Waals surface area contributed by atoms with Crippen molar-refractivity contribution in [3.05, 3.63) is 30.3 Å². The Morgan fingerprint density at radius 3 is 2.61 bits per heavy atom. The Kier molecular flexibility index (Phi) is 8.54. The van der Waals surface area contributed by atoms with E-state index < -0.39 is 10.0 Å². The molecule has 8 heteroatoms. The van der Waals surface area contributed by atoms with Crippen LogP contribution in [0.4, 0.5) is 0 Å². The zero-order valence-electron chi connectivity index (χ0n) is 13.0. The number of carbonyl (C=O) groups excluding carboxylic acids is 1. The van der Waals surface area contributed by atoms with Crippen LogP contribution in [0, 0.1) is 5.92 Å². The van der Waals surface area contributed by atoms with E-state index in [1.807, 2.05) is 0 Å².